The Hall–Kier alpha value is -9.16. The van der Waals surface area contributed by atoms with Crippen molar-refractivity contribution in [2.24, 2.45) is 0 Å². The molecule has 8 nitrogen and oxygen atoms in total. The number of allylic oxidation sites excluding steroid dienone is 6. The third-order valence-corrected chi connectivity index (χ3v) is 9.32. The van der Waals surface area contributed by atoms with Crippen molar-refractivity contribution in [3.63, 3.8) is 0 Å². The van der Waals surface area contributed by atoms with Gasteiger partial charge in [0.1, 0.15) is 23.8 Å². The van der Waals surface area contributed by atoms with Gasteiger partial charge in [-0.25, -0.2) is 28.2 Å². The van der Waals surface area contributed by atoms with E-state index in [1.807, 2.05) is 18.2 Å². The Morgan fingerprint density at radius 1 is 0.536 bits per heavy atom. The summed E-state index contributed by atoms with van der Waals surface area (Å²) in [4.78, 5) is 14.3. The fourth-order valence-electron chi connectivity index (χ4n) is 7.14. The zero-order valence-corrected chi connectivity index (χ0v) is 28.6. The van der Waals surface area contributed by atoms with Crippen LogP contribution >= 0.6 is 0 Å². The van der Waals surface area contributed by atoms with Crippen LogP contribution < -0.4 is 0 Å². The molecule has 10 heteroatoms. The molecule has 2 aliphatic carbocycles. The maximum atomic E-state index is 18.0. The Labute approximate surface area is 319 Å². The highest BCUT2D eigenvalue weighted by atomic mass is 19.1. The van der Waals surface area contributed by atoms with Gasteiger partial charge in [0, 0.05) is 27.8 Å². The third-order valence-electron chi connectivity index (χ3n) is 9.32. The molecule has 0 radical (unpaired) electrons. The molecule has 0 atom stereocenters. The molecule has 0 fully saturated rings. The molecule has 0 aliphatic heterocycles. The van der Waals surface area contributed by atoms with Crippen LogP contribution in [0.4, 0.5) is 20.2 Å². The van der Waals surface area contributed by atoms with Crippen LogP contribution in [0.3, 0.4) is 0 Å². The van der Waals surface area contributed by atoms with Gasteiger partial charge in [-0.2, -0.15) is 21.0 Å². The number of rotatable bonds is 4. The van der Waals surface area contributed by atoms with Crippen LogP contribution in [-0.2, 0) is 0 Å². The fourth-order valence-corrected chi connectivity index (χ4v) is 7.14. The number of halogens is 2. The Morgan fingerprint density at radius 2 is 1.07 bits per heavy atom. The van der Waals surface area contributed by atoms with Gasteiger partial charge < -0.3 is 0 Å². The first-order chi connectivity index (χ1) is 27.3. The van der Waals surface area contributed by atoms with Crippen molar-refractivity contribution in [3.05, 3.63) is 210 Å². The van der Waals surface area contributed by atoms with Crippen LogP contribution in [0, 0.1) is 83.2 Å². The van der Waals surface area contributed by atoms with E-state index < -0.39 is 33.9 Å². The fraction of sp³-hybridized carbons (Fsp3) is 0. The molecule has 0 amide bonds. The summed E-state index contributed by atoms with van der Waals surface area (Å²) < 4.78 is 36.0. The molecular weight excluding hydrogens is 703 g/mol. The van der Waals surface area contributed by atoms with E-state index in [9.17, 15) is 21.0 Å². The minimum absolute atomic E-state index is 0.00515. The van der Waals surface area contributed by atoms with Gasteiger partial charge in [0.2, 0.25) is 11.4 Å². The van der Waals surface area contributed by atoms with Gasteiger partial charge in [-0.15, -0.1) is 0 Å². The van der Waals surface area contributed by atoms with Crippen molar-refractivity contribution in [2.75, 3.05) is 0 Å². The highest BCUT2D eigenvalue weighted by Gasteiger charge is 2.44. The van der Waals surface area contributed by atoms with Crippen molar-refractivity contribution in [3.8, 4) is 24.3 Å². The van der Waals surface area contributed by atoms with Crippen LogP contribution in [0.5, 0.6) is 0 Å². The molecule has 5 aromatic carbocycles. The van der Waals surface area contributed by atoms with Crippen LogP contribution in [0.1, 0.15) is 55.6 Å². The van der Waals surface area contributed by atoms with Crippen molar-refractivity contribution < 1.29 is 8.78 Å². The SMILES string of the molecule is [C-]#[N+]C1=C(c2ccccc2)/C(=C(/C#N)c2cc([N+]#[C-])cc([N+]#[C-])c2)c2c(F)c3c(c(F)c21)/C(=C(\[N+]#[C-])c1cc(C#N)cc(C#N)c1)C(c1ccccc1)=C3C#N. The predicted molar refractivity (Wildman–Crippen MR) is 206 cm³/mol. The molecular formula is C46H16F2N8. The summed E-state index contributed by atoms with van der Waals surface area (Å²) in [6.07, 6.45) is 0. The average molecular weight is 719 g/mol. The summed E-state index contributed by atoms with van der Waals surface area (Å²) in [6.45, 7) is 31.9. The first kappa shape index (κ1) is 35.3. The molecule has 0 saturated carbocycles. The monoisotopic (exact) mass is 718 g/mol. The quantitative estimate of drug-likeness (QED) is 0.136. The maximum absolute atomic E-state index is 18.0. The standard InChI is InChI=1S/C46H16F2N8/c1-53-31-18-29(19-32(20-31)54-2)33(23-51)37-36(28-13-9-6-10-14-28)46(56-4)42-39(37)43(47)38-34(24-52)35(27-11-7-5-8-12-27)41(40(38)44(42)48)45(55-3)30-16-25(21-49)15-26(17-30)22-50/h5-20H/b37-33+,45-41-. The van der Waals surface area contributed by atoms with Gasteiger partial charge in [0.25, 0.3) is 0 Å². The number of nitriles is 4. The minimum atomic E-state index is -1.15. The van der Waals surface area contributed by atoms with Crippen molar-refractivity contribution in [1.82, 2.24) is 0 Å². The summed E-state index contributed by atoms with van der Waals surface area (Å²) in [5, 5.41) is 41.1. The van der Waals surface area contributed by atoms with E-state index in [0.29, 0.717) is 11.1 Å². The lowest BCUT2D eigenvalue weighted by Crippen LogP contribution is -2.05. The summed E-state index contributed by atoms with van der Waals surface area (Å²) in [5.74, 6) is -2.29. The molecule has 5 aromatic rings. The van der Waals surface area contributed by atoms with Gasteiger partial charge in [0.05, 0.1) is 60.7 Å². The van der Waals surface area contributed by atoms with E-state index in [0.717, 1.165) is 0 Å². The van der Waals surface area contributed by atoms with E-state index in [4.69, 9.17) is 26.3 Å². The number of nitrogens with zero attached hydrogens (tertiary/aromatic N) is 8. The Morgan fingerprint density at radius 3 is 1.55 bits per heavy atom. The summed E-state index contributed by atoms with van der Waals surface area (Å²) in [7, 11) is 0. The van der Waals surface area contributed by atoms with Gasteiger partial charge in [0.15, 0.2) is 11.4 Å². The Kier molecular flexibility index (Phi) is 8.88. The van der Waals surface area contributed by atoms with E-state index >= 15 is 8.78 Å². The second-order valence-electron chi connectivity index (χ2n) is 12.2. The van der Waals surface area contributed by atoms with Crippen LogP contribution in [-0.4, -0.2) is 0 Å². The molecule has 0 saturated heterocycles. The molecule has 7 rings (SSSR count). The average Bonchev–Trinajstić information content (AvgIpc) is 3.78. The van der Waals surface area contributed by atoms with Crippen LogP contribution in [0.25, 0.3) is 64.2 Å². The molecule has 0 heterocycles. The van der Waals surface area contributed by atoms with E-state index in [2.05, 4.69) is 25.4 Å². The van der Waals surface area contributed by atoms with Crippen LogP contribution in [0.15, 0.2) is 97.1 Å². The molecule has 56 heavy (non-hydrogen) atoms. The van der Waals surface area contributed by atoms with E-state index in [1.54, 1.807) is 60.7 Å². The third kappa shape index (κ3) is 5.36. The first-order valence-electron chi connectivity index (χ1n) is 16.3. The maximum Gasteiger partial charge on any atom is 0.206 e. The summed E-state index contributed by atoms with van der Waals surface area (Å²) >= 11 is 0. The topological polar surface area (TPSA) is 113 Å². The molecule has 2 aliphatic rings. The lowest BCUT2D eigenvalue weighted by molar-refractivity contribution is 0.590. The minimum Gasteiger partial charge on any atom is -0.239 e. The summed E-state index contributed by atoms with van der Waals surface area (Å²) in [5.41, 5.74) is -2.74. The zero-order chi connectivity index (χ0) is 39.7. The number of benzene rings is 5. The number of fused-ring (bicyclic) bond motifs is 2. The predicted octanol–water partition coefficient (Wildman–Crippen LogP) is 11.3. The molecule has 0 bridgehead atoms. The zero-order valence-electron chi connectivity index (χ0n) is 28.6. The van der Waals surface area contributed by atoms with Crippen LogP contribution in [0.2, 0.25) is 0 Å². The number of hydrogen-bond acceptors (Lipinski definition) is 4. The largest absolute Gasteiger partial charge is 0.239 e. The van der Waals surface area contributed by atoms with Crippen molar-refractivity contribution in [1.29, 1.82) is 21.0 Å². The highest BCUT2D eigenvalue weighted by molar-refractivity contribution is 6.33. The highest BCUT2D eigenvalue weighted by Crippen LogP contribution is 2.59. The normalized spacial score (nSPS) is 14.0. The molecule has 0 unspecified atom stereocenters. The Balaban J connectivity index is 1.73. The second kappa shape index (κ2) is 14.1. The molecule has 0 aromatic heterocycles. The molecule has 254 valence electrons. The van der Waals surface area contributed by atoms with E-state index in [-0.39, 0.29) is 78.5 Å². The molecule has 0 spiro atoms. The smallest absolute Gasteiger partial charge is 0.206 e. The first-order valence-corrected chi connectivity index (χ1v) is 16.3. The second-order valence-corrected chi connectivity index (χ2v) is 12.2. The lowest BCUT2D eigenvalue weighted by Gasteiger charge is -2.17. The van der Waals surface area contributed by atoms with Gasteiger partial charge in [-0.05, 0) is 57.2 Å². The van der Waals surface area contributed by atoms with Crippen molar-refractivity contribution in [2.45, 2.75) is 0 Å². The van der Waals surface area contributed by atoms with Crippen molar-refractivity contribution >= 4 is 56.2 Å². The molecule has 0 N–H and O–H groups in total. The van der Waals surface area contributed by atoms with Gasteiger partial charge in [-0.3, -0.25) is 0 Å². The number of hydrogen-bond donors (Lipinski definition) is 0. The van der Waals surface area contributed by atoms with E-state index in [1.165, 1.54) is 36.4 Å². The Bertz CT molecular complexity index is 2830. The van der Waals surface area contributed by atoms with Gasteiger partial charge in [-0.1, -0.05) is 78.9 Å². The lowest BCUT2D eigenvalue weighted by atomic mass is 9.87. The summed E-state index contributed by atoms with van der Waals surface area (Å²) in [6, 6.07) is 32.4. The van der Waals surface area contributed by atoms with Gasteiger partial charge >= 0.3 is 0 Å².